The second-order valence-electron chi connectivity index (χ2n) is 11.1. The molecule has 0 unspecified atom stereocenters. The summed E-state index contributed by atoms with van der Waals surface area (Å²) >= 11 is 0. The highest BCUT2D eigenvalue weighted by molar-refractivity contribution is 6.02. The molecule has 0 aromatic carbocycles. The van der Waals surface area contributed by atoms with Crippen molar-refractivity contribution in [2.45, 2.75) is 69.9 Å². The van der Waals surface area contributed by atoms with Gasteiger partial charge in [0.05, 0.1) is 41.6 Å². The molecule has 8 nitrogen and oxygen atoms in total. The molecule has 0 saturated carbocycles. The van der Waals surface area contributed by atoms with Gasteiger partial charge in [-0.1, -0.05) is 0 Å². The molecule has 3 aromatic rings. The Kier molecular flexibility index (Phi) is 5.32. The third-order valence-corrected chi connectivity index (χ3v) is 8.61. The molecule has 4 aliphatic rings. The van der Waals surface area contributed by atoms with Crippen molar-refractivity contribution in [2.24, 2.45) is 0 Å². The number of alkyl halides is 3. The van der Waals surface area contributed by atoms with Gasteiger partial charge in [0, 0.05) is 35.5 Å². The molecule has 39 heavy (non-hydrogen) atoms. The van der Waals surface area contributed by atoms with Gasteiger partial charge in [-0.15, -0.1) is 0 Å². The van der Waals surface area contributed by atoms with E-state index in [-0.39, 0.29) is 52.9 Å². The summed E-state index contributed by atoms with van der Waals surface area (Å²) in [6.07, 6.45) is -3.20. The van der Waals surface area contributed by atoms with Crippen molar-refractivity contribution in [1.29, 1.82) is 0 Å². The predicted octanol–water partition coefficient (Wildman–Crippen LogP) is 4.25. The van der Waals surface area contributed by atoms with Crippen LogP contribution in [0.25, 0.3) is 22.0 Å². The molecule has 0 radical (unpaired) electrons. The molecule has 206 valence electrons. The maximum absolute atomic E-state index is 16.7. The van der Waals surface area contributed by atoms with Crippen LogP contribution in [-0.4, -0.2) is 58.9 Å². The number of nitrogens with zero attached hydrogens (tertiary/aromatic N) is 4. The largest absolute Gasteiger partial charge is 0.472 e. The van der Waals surface area contributed by atoms with Crippen LogP contribution in [0.1, 0.15) is 48.2 Å². The summed E-state index contributed by atoms with van der Waals surface area (Å²) in [6.45, 7) is 6.45. The fourth-order valence-electron chi connectivity index (χ4n) is 6.88. The summed E-state index contributed by atoms with van der Waals surface area (Å²) in [5, 5.41) is 4.21. The number of halogens is 4. The number of fused-ring (bicyclic) bond motifs is 5. The van der Waals surface area contributed by atoms with E-state index in [2.05, 4.69) is 20.2 Å². The first-order valence-corrected chi connectivity index (χ1v) is 13.2. The lowest BCUT2D eigenvalue weighted by atomic mass is 9.93. The molecule has 3 saturated heterocycles. The van der Waals surface area contributed by atoms with E-state index in [0.29, 0.717) is 42.2 Å². The number of hydrogen-bond donors (Lipinski definition) is 2. The monoisotopic (exact) mass is 544 g/mol. The highest BCUT2D eigenvalue weighted by atomic mass is 19.4. The van der Waals surface area contributed by atoms with Gasteiger partial charge in [0.15, 0.2) is 5.82 Å². The van der Waals surface area contributed by atoms with Crippen molar-refractivity contribution < 1.29 is 27.0 Å². The Labute approximate surface area is 221 Å². The molecule has 7 heterocycles. The van der Waals surface area contributed by atoms with Crippen LogP contribution in [0.5, 0.6) is 5.88 Å². The smallest absolute Gasteiger partial charge is 0.418 e. The van der Waals surface area contributed by atoms with Gasteiger partial charge in [-0.2, -0.15) is 13.2 Å². The van der Waals surface area contributed by atoms with Gasteiger partial charge in [-0.25, -0.2) is 19.3 Å². The Bertz CT molecular complexity index is 1530. The van der Waals surface area contributed by atoms with Crippen LogP contribution >= 0.6 is 0 Å². The van der Waals surface area contributed by atoms with E-state index >= 15 is 4.39 Å². The molecule has 12 heteroatoms. The average Bonchev–Trinajstić information content (AvgIpc) is 3.14. The van der Waals surface area contributed by atoms with E-state index in [1.165, 1.54) is 6.92 Å². The zero-order valence-electron chi connectivity index (χ0n) is 21.7. The first kappa shape index (κ1) is 24.8. The summed E-state index contributed by atoms with van der Waals surface area (Å²) in [5.74, 6) is -0.410. The molecular weight excluding hydrogens is 516 g/mol. The number of nitrogens with one attached hydrogen (secondary N) is 1. The number of aryl methyl sites for hydroxylation is 2. The Hall–Kier alpha value is -3.25. The fraction of sp³-hybridized carbons (Fsp3) is 0.519. The maximum Gasteiger partial charge on any atom is 0.418 e. The number of anilines is 2. The van der Waals surface area contributed by atoms with Crippen molar-refractivity contribution in [3.8, 4) is 17.1 Å². The number of rotatable bonds is 2. The maximum atomic E-state index is 16.7. The minimum atomic E-state index is -4.80. The minimum Gasteiger partial charge on any atom is -0.472 e. The molecule has 3 N–H and O–H groups in total. The highest BCUT2D eigenvalue weighted by Gasteiger charge is 2.47. The lowest BCUT2D eigenvalue weighted by Gasteiger charge is -2.43. The molecule has 4 aliphatic heterocycles. The Morgan fingerprint density at radius 3 is 2.56 bits per heavy atom. The molecule has 4 atom stereocenters. The summed E-state index contributed by atoms with van der Waals surface area (Å²) in [5.41, 5.74) is 4.74. The summed E-state index contributed by atoms with van der Waals surface area (Å²) in [6, 6.07) is 1.34. The van der Waals surface area contributed by atoms with E-state index in [9.17, 15) is 13.2 Å². The van der Waals surface area contributed by atoms with Crippen molar-refractivity contribution in [3.63, 3.8) is 0 Å². The Balaban J connectivity index is 1.56. The van der Waals surface area contributed by atoms with Crippen LogP contribution in [-0.2, 0) is 10.9 Å². The van der Waals surface area contributed by atoms with Crippen molar-refractivity contribution in [1.82, 2.24) is 20.3 Å². The lowest BCUT2D eigenvalue weighted by Crippen LogP contribution is -2.62. The molecule has 0 aliphatic carbocycles. The van der Waals surface area contributed by atoms with E-state index in [0.717, 1.165) is 18.9 Å². The van der Waals surface area contributed by atoms with Crippen LogP contribution in [0, 0.1) is 19.7 Å². The highest BCUT2D eigenvalue weighted by Crippen LogP contribution is 2.48. The molecule has 2 bridgehead atoms. The topological polar surface area (TPSA) is 98.4 Å². The van der Waals surface area contributed by atoms with Crippen molar-refractivity contribution >= 4 is 22.4 Å². The average molecular weight is 545 g/mol. The zero-order valence-corrected chi connectivity index (χ0v) is 21.7. The third-order valence-electron chi connectivity index (χ3n) is 8.61. The Morgan fingerprint density at radius 1 is 1.10 bits per heavy atom. The molecule has 0 spiro atoms. The van der Waals surface area contributed by atoms with Gasteiger partial charge < -0.3 is 25.4 Å². The van der Waals surface area contributed by atoms with Gasteiger partial charge in [0.2, 0.25) is 5.88 Å². The molecule has 3 aromatic heterocycles. The lowest BCUT2D eigenvalue weighted by molar-refractivity contribution is -0.137. The second kappa shape index (κ2) is 8.37. The number of hydrogen-bond acceptors (Lipinski definition) is 8. The van der Waals surface area contributed by atoms with Gasteiger partial charge in [0.1, 0.15) is 23.4 Å². The summed E-state index contributed by atoms with van der Waals surface area (Å²) in [4.78, 5) is 15.5. The number of nitrogen functional groups attached to an aromatic ring is 1. The van der Waals surface area contributed by atoms with E-state index in [1.54, 1.807) is 6.92 Å². The van der Waals surface area contributed by atoms with Gasteiger partial charge in [0.25, 0.3) is 0 Å². The summed E-state index contributed by atoms with van der Waals surface area (Å²) < 4.78 is 71.3. The number of piperazine rings is 1. The van der Waals surface area contributed by atoms with E-state index < -0.39 is 28.8 Å². The van der Waals surface area contributed by atoms with Crippen LogP contribution in [0.15, 0.2) is 6.07 Å². The SMILES string of the molecule is Cc1nc(N)cc(-c2nc3c4c(nc(C5COC5)c(C)c4c2F)N2C[C@H]4CC[C@H](N4)[C@H]2[C@H](C)O3)c1C(F)(F)F. The van der Waals surface area contributed by atoms with Crippen LogP contribution < -0.4 is 20.7 Å². The van der Waals surface area contributed by atoms with E-state index in [1.807, 2.05) is 6.92 Å². The standard InChI is InChI=1S/C27H28F4N6O2/c1-10-18-19-25(35-22(10)13-8-38-9-13)37-7-14-4-5-16(34-14)24(37)12(3)39-26(19)36-23(21(18)28)15-6-17(32)33-11(2)20(15)27(29,30)31/h6,12-14,16,24,34H,4-5,7-9H2,1-3H3,(H2,32,33)/t12-,14+,16-,24+/m0/s1. The van der Waals surface area contributed by atoms with Gasteiger partial charge in [-0.3, -0.25) is 0 Å². The fourth-order valence-corrected chi connectivity index (χ4v) is 6.88. The quantitative estimate of drug-likeness (QED) is 0.462. The third kappa shape index (κ3) is 3.60. The normalized spacial score (nSPS) is 26.3. The number of ether oxygens (including phenoxy) is 2. The first-order chi connectivity index (χ1) is 18.5. The minimum absolute atomic E-state index is 0.0330. The van der Waals surface area contributed by atoms with Crippen LogP contribution in [0.2, 0.25) is 0 Å². The Morgan fingerprint density at radius 2 is 1.87 bits per heavy atom. The molecular formula is C27H28F4N6O2. The predicted molar refractivity (Wildman–Crippen MR) is 136 cm³/mol. The second-order valence-corrected chi connectivity index (χ2v) is 11.1. The summed E-state index contributed by atoms with van der Waals surface area (Å²) in [7, 11) is 0. The zero-order chi connectivity index (χ0) is 27.4. The van der Waals surface area contributed by atoms with Crippen LogP contribution in [0.3, 0.4) is 0 Å². The molecule has 7 rings (SSSR count). The van der Waals surface area contributed by atoms with Gasteiger partial charge in [-0.05, 0) is 45.2 Å². The van der Waals surface area contributed by atoms with Crippen molar-refractivity contribution in [2.75, 3.05) is 30.4 Å². The number of nitrogens with two attached hydrogens (primary N) is 1. The van der Waals surface area contributed by atoms with Crippen LogP contribution in [0.4, 0.5) is 29.2 Å². The molecule has 3 fully saturated rings. The number of aromatic nitrogens is 3. The van der Waals surface area contributed by atoms with E-state index in [4.69, 9.17) is 20.2 Å². The van der Waals surface area contributed by atoms with Crippen molar-refractivity contribution in [3.05, 3.63) is 34.4 Å². The molecule has 0 amide bonds. The van der Waals surface area contributed by atoms with Gasteiger partial charge >= 0.3 is 6.18 Å². The first-order valence-electron chi connectivity index (χ1n) is 13.2. The number of pyridine rings is 3.